The molecule has 1 aliphatic carbocycles. The number of aliphatic hydroxyl groups excluding tert-OH is 1. The fourth-order valence-electron chi connectivity index (χ4n) is 2.49. The third-order valence-corrected chi connectivity index (χ3v) is 3.58. The Balaban J connectivity index is 2.42. The van der Waals surface area contributed by atoms with Crippen LogP contribution in [0.5, 0.6) is 0 Å². The maximum Gasteiger partial charge on any atom is 0.223 e. The lowest BCUT2D eigenvalue weighted by Crippen LogP contribution is -2.44. The summed E-state index contributed by atoms with van der Waals surface area (Å²) in [6.45, 7) is 6.02. The highest BCUT2D eigenvalue weighted by Crippen LogP contribution is 2.30. The molecule has 4 atom stereocenters. The molecule has 3 heteroatoms. The molecule has 1 rings (SSSR count). The van der Waals surface area contributed by atoms with Crippen LogP contribution in [0.15, 0.2) is 0 Å². The summed E-state index contributed by atoms with van der Waals surface area (Å²) in [5.41, 5.74) is 0. The summed E-state index contributed by atoms with van der Waals surface area (Å²) in [6.07, 6.45) is 4.55. The van der Waals surface area contributed by atoms with Crippen molar-refractivity contribution in [3.05, 3.63) is 0 Å². The van der Waals surface area contributed by atoms with Crippen molar-refractivity contribution in [2.75, 3.05) is 0 Å². The third-order valence-electron chi connectivity index (χ3n) is 3.58. The first kappa shape index (κ1) is 13.5. The van der Waals surface area contributed by atoms with Gasteiger partial charge in [-0.05, 0) is 38.5 Å². The fraction of sp³-hybridized carbons (Fsp3) is 0.923. The first-order valence-corrected chi connectivity index (χ1v) is 6.53. The van der Waals surface area contributed by atoms with Gasteiger partial charge >= 0.3 is 0 Å². The van der Waals surface area contributed by atoms with Crippen molar-refractivity contribution in [3.63, 3.8) is 0 Å². The number of carbonyl (C=O) groups excluding carboxylic acids is 1. The van der Waals surface area contributed by atoms with Gasteiger partial charge in [-0.1, -0.05) is 20.3 Å². The zero-order valence-corrected chi connectivity index (χ0v) is 10.7. The second-order valence-corrected chi connectivity index (χ2v) is 5.26. The smallest absolute Gasteiger partial charge is 0.223 e. The van der Waals surface area contributed by atoms with Gasteiger partial charge in [-0.15, -0.1) is 0 Å². The van der Waals surface area contributed by atoms with Crippen molar-refractivity contribution in [2.24, 2.45) is 11.8 Å². The molecule has 1 aliphatic rings. The van der Waals surface area contributed by atoms with Crippen LogP contribution in [0.1, 0.15) is 52.9 Å². The van der Waals surface area contributed by atoms with Crippen LogP contribution in [-0.4, -0.2) is 23.2 Å². The Hall–Kier alpha value is -0.570. The SMILES string of the molecule is CCCC(NC(=O)[C@H]1CC[C@H](C)C1)C(C)O. The Bertz CT molecular complexity index is 228. The molecule has 3 nitrogen and oxygen atoms in total. The summed E-state index contributed by atoms with van der Waals surface area (Å²) in [5, 5.41) is 12.6. The molecule has 0 saturated heterocycles. The molecule has 0 radical (unpaired) electrons. The van der Waals surface area contributed by atoms with Gasteiger partial charge in [-0.25, -0.2) is 0 Å². The average molecular weight is 227 g/mol. The van der Waals surface area contributed by atoms with Crippen molar-refractivity contribution in [3.8, 4) is 0 Å². The van der Waals surface area contributed by atoms with Gasteiger partial charge in [0.1, 0.15) is 0 Å². The number of hydrogen-bond donors (Lipinski definition) is 2. The van der Waals surface area contributed by atoms with E-state index >= 15 is 0 Å². The van der Waals surface area contributed by atoms with Gasteiger partial charge < -0.3 is 10.4 Å². The van der Waals surface area contributed by atoms with Crippen molar-refractivity contribution < 1.29 is 9.90 Å². The second kappa shape index (κ2) is 6.24. The summed E-state index contributed by atoms with van der Waals surface area (Å²) in [4.78, 5) is 12.0. The van der Waals surface area contributed by atoms with Gasteiger partial charge in [0.15, 0.2) is 0 Å². The Kier molecular flexibility index (Phi) is 5.26. The molecule has 0 bridgehead atoms. The van der Waals surface area contributed by atoms with Crippen LogP contribution in [0.2, 0.25) is 0 Å². The van der Waals surface area contributed by atoms with Crippen LogP contribution in [0.4, 0.5) is 0 Å². The van der Waals surface area contributed by atoms with Crippen molar-refractivity contribution >= 4 is 5.91 Å². The van der Waals surface area contributed by atoms with E-state index in [1.807, 2.05) is 0 Å². The lowest BCUT2D eigenvalue weighted by atomic mass is 10.0. The van der Waals surface area contributed by atoms with Gasteiger partial charge in [0.2, 0.25) is 5.91 Å². The molecule has 0 aliphatic heterocycles. The first-order chi connectivity index (χ1) is 7.54. The van der Waals surface area contributed by atoms with E-state index in [2.05, 4.69) is 19.2 Å². The summed E-state index contributed by atoms with van der Waals surface area (Å²) >= 11 is 0. The minimum absolute atomic E-state index is 0.0755. The molecule has 0 spiro atoms. The molecule has 0 aromatic rings. The summed E-state index contributed by atoms with van der Waals surface area (Å²) in [5.74, 6) is 0.990. The number of nitrogens with one attached hydrogen (secondary N) is 1. The molecule has 16 heavy (non-hydrogen) atoms. The zero-order chi connectivity index (χ0) is 12.1. The Morgan fingerprint density at radius 1 is 1.50 bits per heavy atom. The van der Waals surface area contributed by atoms with E-state index in [1.165, 1.54) is 0 Å². The predicted molar refractivity (Wildman–Crippen MR) is 65.0 cm³/mol. The summed E-state index contributed by atoms with van der Waals surface area (Å²) < 4.78 is 0. The molecule has 0 aromatic heterocycles. The van der Waals surface area contributed by atoms with E-state index in [9.17, 15) is 9.90 Å². The quantitative estimate of drug-likeness (QED) is 0.755. The van der Waals surface area contributed by atoms with Crippen LogP contribution in [0.25, 0.3) is 0 Å². The van der Waals surface area contributed by atoms with Crippen molar-refractivity contribution in [2.45, 2.75) is 65.0 Å². The topological polar surface area (TPSA) is 49.3 Å². The Morgan fingerprint density at radius 2 is 2.19 bits per heavy atom. The van der Waals surface area contributed by atoms with E-state index in [4.69, 9.17) is 0 Å². The molecule has 0 heterocycles. The highest BCUT2D eigenvalue weighted by molar-refractivity contribution is 5.79. The number of rotatable bonds is 5. The molecule has 94 valence electrons. The normalized spacial score (nSPS) is 28.8. The van der Waals surface area contributed by atoms with Crippen LogP contribution < -0.4 is 5.32 Å². The monoisotopic (exact) mass is 227 g/mol. The van der Waals surface area contributed by atoms with E-state index in [-0.39, 0.29) is 17.9 Å². The van der Waals surface area contributed by atoms with Gasteiger partial charge in [-0.3, -0.25) is 4.79 Å². The lowest BCUT2D eigenvalue weighted by Gasteiger charge is -2.22. The van der Waals surface area contributed by atoms with Gasteiger partial charge in [0.25, 0.3) is 0 Å². The van der Waals surface area contributed by atoms with Gasteiger partial charge in [-0.2, -0.15) is 0 Å². The molecule has 0 aromatic carbocycles. The largest absolute Gasteiger partial charge is 0.391 e. The van der Waals surface area contributed by atoms with Crippen molar-refractivity contribution in [1.82, 2.24) is 5.32 Å². The first-order valence-electron chi connectivity index (χ1n) is 6.53. The molecule has 2 N–H and O–H groups in total. The molecular weight excluding hydrogens is 202 g/mol. The van der Waals surface area contributed by atoms with E-state index < -0.39 is 6.10 Å². The van der Waals surface area contributed by atoms with Crippen LogP contribution >= 0.6 is 0 Å². The minimum atomic E-state index is -0.456. The second-order valence-electron chi connectivity index (χ2n) is 5.26. The Morgan fingerprint density at radius 3 is 2.62 bits per heavy atom. The maximum absolute atomic E-state index is 12.0. The third kappa shape index (κ3) is 3.78. The maximum atomic E-state index is 12.0. The van der Waals surface area contributed by atoms with E-state index in [1.54, 1.807) is 6.92 Å². The fourth-order valence-corrected chi connectivity index (χ4v) is 2.49. The van der Waals surface area contributed by atoms with Crippen LogP contribution in [-0.2, 0) is 4.79 Å². The Labute approximate surface area is 98.6 Å². The molecule has 1 saturated carbocycles. The molecule has 1 fully saturated rings. The summed E-state index contributed by atoms with van der Waals surface area (Å²) in [7, 11) is 0. The number of carbonyl (C=O) groups is 1. The summed E-state index contributed by atoms with van der Waals surface area (Å²) in [6, 6.07) is -0.0755. The minimum Gasteiger partial charge on any atom is -0.391 e. The lowest BCUT2D eigenvalue weighted by molar-refractivity contribution is -0.126. The number of amides is 1. The van der Waals surface area contributed by atoms with Crippen LogP contribution in [0, 0.1) is 11.8 Å². The molecular formula is C13H25NO2. The number of aliphatic hydroxyl groups is 1. The van der Waals surface area contributed by atoms with Crippen molar-refractivity contribution in [1.29, 1.82) is 0 Å². The van der Waals surface area contributed by atoms with Gasteiger partial charge in [0.05, 0.1) is 12.1 Å². The number of hydrogen-bond acceptors (Lipinski definition) is 2. The zero-order valence-electron chi connectivity index (χ0n) is 10.7. The highest BCUT2D eigenvalue weighted by atomic mass is 16.3. The molecule has 2 unspecified atom stereocenters. The standard InChI is InChI=1S/C13H25NO2/c1-4-5-12(10(3)15)14-13(16)11-7-6-9(2)8-11/h9-12,15H,4-8H2,1-3H3,(H,14,16)/t9-,10?,11-,12?/m0/s1. The van der Waals surface area contributed by atoms with E-state index in [0.29, 0.717) is 5.92 Å². The van der Waals surface area contributed by atoms with Crippen LogP contribution in [0.3, 0.4) is 0 Å². The van der Waals surface area contributed by atoms with Gasteiger partial charge in [0, 0.05) is 5.92 Å². The highest BCUT2D eigenvalue weighted by Gasteiger charge is 2.29. The predicted octanol–water partition coefficient (Wildman–Crippen LogP) is 2.09. The van der Waals surface area contributed by atoms with E-state index in [0.717, 1.165) is 32.1 Å². The average Bonchev–Trinajstić information content (AvgIpc) is 2.64. The molecule has 1 amide bonds.